The molecule has 6 nitrogen and oxygen atoms in total. The Bertz CT molecular complexity index is 1110. The Labute approximate surface area is 182 Å². The minimum absolute atomic E-state index is 0.138. The van der Waals surface area contributed by atoms with Gasteiger partial charge in [0.1, 0.15) is 5.82 Å². The molecule has 0 aliphatic carbocycles. The SMILES string of the molecule is CC(C)(C)NC(=O)c1ccc(NC(=O)c2cc3ccccc3nc2N2CCCC2)cc1. The second-order valence-electron chi connectivity index (χ2n) is 8.98. The van der Waals surface area contributed by atoms with E-state index in [0.717, 1.165) is 42.7 Å². The molecule has 6 heteroatoms. The van der Waals surface area contributed by atoms with E-state index in [4.69, 9.17) is 4.98 Å². The van der Waals surface area contributed by atoms with Gasteiger partial charge < -0.3 is 15.5 Å². The quantitative estimate of drug-likeness (QED) is 0.651. The fraction of sp³-hybridized carbons (Fsp3) is 0.320. The van der Waals surface area contributed by atoms with Crippen molar-refractivity contribution in [3.63, 3.8) is 0 Å². The summed E-state index contributed by atoms with van der Waals surface area (Å²) in [5, 5.41) is 6.84. The Morgan fingerprint density at radius 1 is 0.935 bits per heavy atom. The van der Waals surface area contributed by atoms with Crippen molar-refractivity contribution in [2.45, 2.75) is 39.2 Å². The van der Waals surface area contributed by atoms with Crippen LogP contribution in [0.4, 0.5) is 11.5 Å². The van der Waals surface area contributed by atoms with Crippen molar-refractivity contribution in [2.24, 2.45) is 0 Å². The molecule has 2 heterocycles. The lowest BCUT2D eigenvalue weighted by molar-refractivity contribution is 0.0919. The molecule has 0 atom stereocenters. The van der Waals surface area contributed by atoms with Gasteiger partial charge in [-0.25, -0.2) is 4.98 Å². The van der Waals surface area contributed by atoms with Crippen LogP contribution in [0.3, 0.4) is 0 Å². The highest BCUT2D eigenvalue weighted by Gasteiger charge is 2.22. The van der Waals surface area contributed by atoms with Crippen molar-refractivity contribution in [1.82, 2.24) is 10.3 Å². The number of benzene rings is 2. The summed E-state index contributed by atoms with van der Waals surface area (Å²) in [6.45, 7) is 7.63. The summed E-state index contributed by atoms with van der Waals surface area (Å²) in [5.41, 5.74) is 2.33. The molecule has 2 N–H and O–H groups in total. The number of fused-ring (bicyclic) bond motifs is 1. The maximum atomic E-state index is 13.2. The second-order valence-corrected chi connectivity index (χ2v) is 8.98. The summed E-state index contributed by atoms with van der Waals surface area (Å²) in [7, 11) is 0. The van der Waals surface area contributed by atoms with E-state index < -0.39 is 0 Å². The fourth-order valence-corrected chi connectivity index (χ4v) is 3.76. The lowest BCUT2D eigenvalue weighted by Crippen LogP contribution is -2.40. The number of hydrogen-bond acceptors (Lipinski definition) is 4. The number of carbonyl (C=O) groups excluding carboxylic acids is 2. The average molecular weight is 417 g/mol. The number of nitrogens with zero attached hydrogens (tertiary/aromatic N) is 2. The van der Waals surface area contributed by atoms with Crippen LogP contribution >= 0.6 is 0 Å². The van der Waals surface area contributed by atoms with E-state index in [9.17, 15) is 9.59 Å². The standard InChI is InChI=1S/C25H28N4O2/c1-25(2,3)28-23(30)17-10-12-19(13-11-17)26-24(31)20-16-18-8-4-5-9-21(18)27-22(20)29-14-6-7-15-29/h4-5,8-13,16H,6-7,14-15H2,1-3H3,(H,26,31)(H,28,30). The van der Waals surface area contributed by atoms with Crippen LogP contribution in [0.2, 0.25) is 0 Å². The van der Waals surface area contributed by atoms with Gasteiger partial charge in [0, 0.05) is 35.3 Å². The molecule has 0 radical (unpaired) electrons. The number of amides is 2. The summed E-state index contributed by atoms with van der Waals surface area (Å²) in [5.74, 6) is 0.391. The number of aromatic nitrogens is 1. The topological polar surface area (TPSA) is 74.3 Å². The molecule has 1 aliphatic rings. The Balaban J connectivity index is 1.58. The first kappa shape index (κ1) is 20.8. The predicted octanol–water partition coefficient (Wildman–Crippen LogP) is 4.62. The molecule has 160 valence electrons. The van der Waals surface area contributed by atoms with Crippen LogP contribution in [0.1, 0.15) is 54.3 Å². The van der Waals surface area contributed by atoms with Crippen LogP contribution < -0.4 is 15.5 Å². The molecule has 0 unspecified atom stereocenters. The van der Waals surface area contributed by atoms with Gasteiger partial charge in [-0.2, -0.15) is 0 Å². The second kappa shape index (κ2) is 8.38. The molecular weight excluding hydrogens is 388 g/mol. The molecule has 2 aromatic carbocycles. The first-order chi connectivity index (χ1) is 14.8. The lowest BCUT2D eigenvalue weighted by Gasteiger charge is -2.21. The number of pyridine rings is 1. The van der Waals surface area contributed by atoms with Crippen molar-refractivity contribution in [1.29, 1.82) is 0 Å². The molecule has 2 amide bonds. The highest BCUT2D eigenvalue weighted by Crippen LogP contribution is 2.27. The summed E-state index contributed by atoms with van der Waals surface area (Å²) in [4.78, 5) is 32.5. The van der Waals surface area contributed by atoms with Crippen molar-refractivity contribution < 1.29 is 9.59 Å². The van der Waals surface area contributed by atoms with Crippen molar-refractivity contribution >= 4 is 34.2 Å². The van der Waals surface area contributed by atoms with Crippen LogP contribution in [-0.2, 0) is 0 Å². The average Bonchev–Trinajstić information content (AvgIpc) is 3.27. The molecule has 1 aromatic heterocycles. The minimum Gasteiger partial charge on any atom is -0.356 e. The summed E-state index contributed by atoms with van der Waals surface area (Å²) < 4.78 is 0. The number of rotatable bonds is 4. The lowest BCUT2D eigenvalue weighted by atomic mass is 10.1. The maximum Gasteiger partial charge on any atom is 0.259 e. The van der Waals surface area contributed by atoms with Gasteiger partial charge in [0.2, 0.25) is 0 Å². The van der Waals surface area contributed by atoms with Crippen molar-refractivity contribution in [2.75, 3.05) is 23.3 Å². The first-order valence-corrected chi connectivity index (χ1v) is 10.7. The number of hydrogen-bond donors (Lipinski definition) is 2. The van der Waals surface area contributed by atoms with Gasteiger partial charge in [0.25, 0.3) is 11.8 Å². The third kappa shape index (κ3) is 4.85. The summed E-state index contributed by atoms with van der Waals surface area (Å²) in [6, 6.07) is 16.7. The monoisotopic (exact) mass is 416 g/mol. The third-order valence-electron chi connectivity index (χ3n) is 5.25. The fourth-order valence-electron chi connectivity index (χ4n) is 3.76. The molecule has 3 aromatic rings. The van der Waals surface area contributed by atoms with E-state index in [1.807, 2.05) is 51.1 Å². The van der Waals surface area contributed by atoms with Gasteiger partial charge >= 0.3 is 0 Å². The van der Waals surface area contributed by atoms with Crippen LogP contribution in [0.5, 0.6) is 0 Å². The van der Waals surface area contributed by atoms with Crippen molar-refractivity contribution in [3.8, 4) is 0 Å². The first-order valence-electron chi connectivity index (χ1n) is 10.7. The molecule has 0 bridgehead atoms. The molecule has 1 aliphatic heterocycles. The predicted molar refractivity (Wildman–Crippen MR) is 125 cm³/mol. The zero-order valence-electron chi connectivity index (χ0n) is 18.2. The van der Waals surface area contributed by atoms with E-state index in [-0.39, 0.29) is 17.4 Å². The van der Waals surface area contributed by atoms with Crippen LogP contribution in [0.25, 0.3) is 10.9 Å². The Hall–Kier alpha value is -3.41. The zero-order chi connectivity index (χ0) is 22.0. The number of para-hydroxylation sites is 1. The van der Waals surface area contributed by atoms with E-state index >= 15 is 0 Å². The minimum atomic E-state index is -0.307. The summed E-state index contributed by atoms with van der Waals surface area (Å²) >= 11 is 0. The molecule has 1 saturated heterocycles. The summed E-state index contributed by atoms with van der Waals surface area (Å²) in [6.07, 6.45) is 2.21. The maximum absolute atomic E-state index is 13.2. The third-order valence-corrected chi connectivity index (χ3v) is 5.25. The van der Waals surface area contributed by atoms with E-state index in [2.05, 4.69) is 15.5 Å². The molecule has 0 saturated carbocycles. The smallest absolute Gasteiger partial charge is 0.259 e. The number of carbonyl (C=O) groups is 2. The van der Waals surface area contributed by atoms with Gasteiger partial charge in [-0.3, -0.25) is 9.59 Å². The molecular formula is C25H28N4O2. The van der Waals surface area contributed by atoms with Crippen LogP contribution in [-0.4, -0.2) is 35.4 Å². The van der Waals surface area contributed by atoms with Gasteiger partial charge in [-0.05, 0) is 70.0 Å². The normalized spacial score (nSPS) is 14.0. The van der Waals surface area contributed by atoms with Crippen LogP contribution in [0, 0.1) is 0 Å². The Kier molecular flexibility index (Phi) is 5.63. The molecule has 0 spiro atoms. The molecule has 1 fully saturated rings. The Morgan fingerprint density at radius 3 is 2.29 bits per heavy atom. The highest BCUT2D eigenvalue weighted by molar-refractivity contribution is 6.09. The zero-order valence-corrected chi connectivity index (χ0v) is 18.2. The van der Waals surface area contributed by atoms with Crippen LogP contribution in [0.15, 0.2) is 54.6 Å². The van der Waals surface area contributed by atoms with E-state index in [0.29, 0.717) is 16.8 Å². The van der Waals surface area contributed by atoms with Gasteiger partial charge in [0.15, 0.2) is 0 Å². The number of nitrogens with one attached hydrogen (secondary N) is 2. The highest BCUT2D eigenvalue weighted by atomic mass is 16.2. The number of anilines is 2. The van der Waals surface area contributed by atoms with E-state index in [1.54, 1.807) is 24.3 Å². The van der Waals surface area contributed by atoms with Gasteiger partial charge in [-0.15, -0.1) is 0 Å². The molecule has 4 rings (SSSR count). The Morgan fingerprint density at radius 2 is 1.61 bits per heavy atom. The van der Waals surface area contributed by atoms with E-state index in [1.165, 1.54) is 0 Å². The van der Waals surface area contributed by atoms with Crippen molar-refractivity contribution in [3.05, 3.63) is 65.7 Å². The largest absolute Gasteiger partial charge is 0.356 e. The van der Waals surface area contributed by atoms with Gasteiger partial charge in [0.05, 0.1) is 11.1 Å². The van der Waals surface area contributed by atoms with Gasteiger partial charge in [-0.1, -0.05) is 18.2 Å². The molecule has 31 heavy (non-hydrogen) atoms.